The predicted molar refractivity (Wildman–Crippen MR) is 72.4 cm³/mol. The van der Waals surface area contributed by atoms with Gasteiger partial charge in [0, 0.05) is 0 Å². The zero-order valence-electron chi connectivity index (χ0n) is 13.8. The van der Waals surface area contributed by atoms with Gasteiger partial charge in [-0.05, 0) is 0 Å². The van der Waals surface area contributed by atoms with E-state index in [9.17, 15) is 28.8 Å². The van der Waals surface area contributed by atoms with Crippen LogP contribution in [0.4, 0.5) is 0 Å². The van der Waals surface area contributed by atoms with Crippen molar-refractivity contribution in [1.29, 1.82) is 0 Å². The fourth-order valence-corrected chi connectivity index (χ4v) is 1.28. The number of ether oxygens (including phenoxy) is 6. The topological polar surface area (TPSA) is 158 Å². The third-order valence-corrected chi connectivity index (χ3v) is 2.45. The van der Waals surface area contributed by atoms with Gasteiger partial charge in [0.1, 0.15) is 6.42 Å². The van der Waals surface area contributed by atoms with Crippen molar-refractivity contribution in [1.82, 2.24) is 0 Å². The molecule has 25 heavy (non-hydrogen) atoms. The normalized spacial score (nSPS) is 9.84. The molecule has 0 spiro atoms. The summed E-state index contributed by atoms with van der Waals surface area (Å²) in [5.74, 6) is -7.71. The lowest BCUT2D eigenvalue weighted by Gasteiger charge is -2.15. The monoisotopic (exact) mass is 364 g/mol. The number of esters is 6. The van der Waals surface area contributed by atoms with Crippen LogP contribution in [0, 0.1) is 0 Å². The number of methoxy groups -OCH3 is 4. The second kappa shape index (κ2) is 10.6. The zero-order valence-corrected chi connectivity index (χ0v) is 13.8. The van der Waals surface area contributed by atoms with Gasteiger partial charge in [-0.2, -0.15) is 0 Å². The number of hydrogen-bond donors (Lipinski definition) is 0. The summed E-state index contributed by atoms with van der Waals surface area (Å²) in [6.45, 7) is 0. The summed E-state index contributed by atoms with van der Waals surface area (Å²) in [4.78, 5) is 68.5. The maximum atomic E-state index is 11.6. The van der Waals surface area contributed by atoms with Gasteiger partial charge in [-0.1, -0.05) is 0 Å². The fourth-order valence-electron chi connectivity index (χ4n) is 1.28. The molecular weight excluding hydrogens is 348 g/mol. The smallest absolute Gasteiger partial charge is 0.359 e. The molecule has 0 saturated carbocycles. The van der Waals surface area contributed by atoms with E-state index in [-0.39, 0.29) is 0 Å². The molecule has 0 aliphatic heterocycles. The molecule has 0 aromatic heterocycles. The van der Waals surface area contributed by atoms with Crippen molar-refractivity contribution in [2.45, 2.75) is 18.6 Å². The summed E-state index contributed by atoms with van der Waals surface area (Å²) < 4.78 is 25.9. The Hall–Kier alpha value is -3.18. The summed E-state index contributed by atoms with van der Waals surface area (Å²) in [7, 11) is 3.71. The van der Waals surface area contributed by atoms with Gasteiger partial charge in [-0.3, -0.25) is 9.59 Å². The summed E-state index contributed by atoms with van der Waals surface area (Å²) in [5.41, 5.74) is 0. The molecule has 0 radical (unpaired) electrons. The molecule has 0 rings (SSSR count). The molecule has 0 aliphatic rings. The molecule has 140 valence electrons. The molecule has 0 saturated heterocycles. The fraction of sp³-hybridized carbons (Fsp3) is 0.538. The van der Waals surface area contributed by atoms with Gasteiger partial charge in [0.2, 0.25) is 0 Å². The standard InChI is InChI=1S/C13H16O12/c1-20-10(16)8(11(17)21-2)24-6(14)5-7(15)25-9(12(18)22-3)13(19)23-4/h8-9H,5H2,1-4H3. The summed E-state index contributed by atoms with van der Waals surface area (Å²) >= 11 is 0. The van der Waals surface area contributed by atoms with Gasteiger partial charge in [0.25, 0.3) is 12.2 Å². The minimum Gasteiger partial charge on any atom is -0.466 e. The Morgan fingerprint density at radius 1 is 0.560 bits per heavy atom. The number of hydrogen-bond acceptors (Lipinski definition) is 12. The van der Waals surface area contributed by atoms with Crippen LogP contribution in [-0.4, -0.2) is 76.5 Å². The third kappa shape index (κ3) is 6.85. The van der Waals surface area contributed by atoms with E-state index in [0.29, 0.717) is 0 Å². The Bertz CT molecular complexity index is 471. The van der Waals surface area contributed by atoms with E-state index in [1.807, 2.05) is 0 Å². The first-order valence-corrected chi connectivity index (χ1v) is 6.42. The minimum absolute atomic E-state index is 0.928. The van der Waals surface area contributed by atoms with Crippen molar-refractivity contribution < 1.29 is 57.2 Å². The van der Waals surface area contributed by atoms with Crippen molar-refractivity contribution in [3.05, 3.63) is 0 Å². The Labute approximate surface area is 141 Å². The van der Waals surface area contributed by atoms with Gasteiger partial charge in [0.05, 0.1) is 28.4 Å². The van der Waals surface area contributed by atoms with Crippen LogP contribution in [0.25, 0.3) is 0 Å². The van der Waals surface area contributed by atoms with E-state index in [0.717, 1.165) is 28.4 Å². The van der Waals surface area contributed by atoms with E-state index in [1.165, 1.54) is 0 Å². The highest BCUT2D eigenvalue weighted by Gasteiger charge is 2.36. The average molecular weight is 364 g/mol. The van der Waals surface area contributed by atoms with Crippen molar-refractivity contribution in [2.75, 3.05) is 28.4 Å². The van der Waals surface area contributed by atoms with Gasteiger partial charge < -0.3 is 28.4 Å². The maximum absolute atomic E-state index is 11.6. The molecule has 12 nitrogen and oxygen atoms in total. The Morgan fingerprint density at radius 3 is 1.00 bits per heavy atom. The molecule has 0 atom stereocenters. The van der Waals surface area contributed by atoms with Gasteiger partial charge in [0.15, 0.2) is 0 Å². The molecular formula is C13H16O12. The van der Waals surface area contributed by atoms with Crippen molar-refractivity contribution in [2.24, 2.45) is 0 Å². The van der Waals surface area contributed by atoms with Gasteiger partial charge in [-0.15, -0.1) is 0 Å². The highest BCUT2D eigenvalue weighted by atomic mass is 16.6. The molecule has 0 aliphatic carbocycles. The molecule has 0 amide bonds. The van der Waals surface area contributed by atoms with E-state index in [1.54, 1.807) is 0 Å². The summed E-state index contributed by atoms with van der Waals surface area (Å²) in [5, 5.41) is 0. The predicted octanol–water partition coefficient (Wildman–Crippen LogP) is -2.11. The molecule has 0 aromatic carbocycles. The molecule has 0 bridgehead atoms. The largest absolute Gasteiger partial charge is 0.466 e. The lowest BCUT2D eigenvalue weighted by molar-refractivity contribution is -0.183. The van der Waals surface area contributed by atoms with E-state index in [4.69, 9.17) is 0 Å². The molecule has 0 heterocycles. The van der Waals surface area contributed by atoms with Crippen LogP contribution in [0.15, 0.2) is 0 Å². The first kappa shape index (κ1) is 21.8. The van der Waals surface area contributed by atoms with Crippen LogP contribution in [0.2, 0.25) is 0 Å². The highest BCUT2D eigenvalue weighted by Crippen LogP contribution is 2.05. The maximum Gasteiger partial charge on any atom is 0.359 e. The van der Waals surface area contributed by atoms with E-state index < -0.39 is 54.4 Å². The molecule has 0 aromatic rings. The number of carbonyl (C=O) groups is 6. The van der Waals surface area contributed by atoms with Crippen LogP contribution < -0.4 is 0 Å². The Kier molecular flexibility index (Phi) is 9.22. The third-order valence-electron chi connectivity index (χ3n) is 2.45. The lowest BCUT2D eigenvalue weighted by atomic mass is 10.3. The minimum atomic E-state index is -2.05. The number of carbonyl (C=O) groups excluding carboxylic acids is 6. The first-order chi connectivity index (χ1) is 11.7. The second-order valence-corrected chi connectivity index (χ2v) is 4.01. The molecule has 12 heteroatoms. The lowest BCUT2D eigenvalue weighted by Crippen LogP contribution is -2.39. The van der Waals surface area contributed by atoms with Crippen LogP contribution in [0.1, 0.15) is 6.42 Å². The quantitative estimate of drug-likeness (QED) is 0.262. The molecule has 0 unspecified atom stereocenters. The van der Waals surface area contributed by atoms with Crippen LogP contribution in [-0.2, 0) is 57.2 Å². The van der Waals surface area contributed by atoms with Crippen molar-refractivity contribution >= 4 is 35.8 Å². The van der Waals surface area contributed by atoms with Crippen LogP contribution >= 0.6 is 0 Å². The molecule has 0 N–H and O–H groups in total. The van der Waals surface area contributed by atoms with Gasteiger partial charge in [-0.25, -0.2) is 19.2 Å². The average Bonchev–Trinajstić information content (AvgIpc) is 2.61. The molecule has 0 fully saturated rings. The Morgan fingerprint density at radius 2 is 0.800 bits per heavy atom. The highest BCUT2D eigenvalue weighted by molar-refractivity contribution is 6.03. The van der Waals surface area contributed by atoms with Crippen LogP contribution in [0.5, 0.6) is 0 Å². The first-order valence-electron chi connectivity index (χ1n) is 6.42. The number of rotatable bonds is 8. The SMILES string of the molecule is COC(=O)C(OC(=O)CC(=O)OC(C(=O)OC)C(=O)OC)C(=O)OC. The Balaban J connectivity index is 4.89. The van der Waals surface area contributed by atoms with Crippen molar-refractivity contribution in [3.63, 3.8) is 0 Å². The summed E-state index contributed by atoms with van der Waals surface area (Å²) in [6.07, 6.45) is -5.23. The van der Waals surface area contributed by atoms with Crippen LogP contribution in [0.3, 0.4) is 0 Å². The van der Waals surface area contributed by atoms with E-state index >= 15 is 0 Å². The second-order valence-electron chi connectivity index (χ2n) is 4.01. The zero-order chi connectivity index (χ0) is 19.6. The summed E-state index contributed by atoms with van der Waals surface area (Å²) in [6, 6.07) is 0. The van der Waals surface area contributed by atoms with E-state index in [2.05, 4.69) is 28.4 Å². The van der Waals surface area contributed by atoms with Gasteiger partial charge >= 0.3 is 35.8 Å². The van der Waals surface area contributed by atoms with Crippen molar-refractivity contribution in [3.8, 4) is 0 Å².